The maximum atomic E-state index is 14.6. The number of ether oxygens (including phenoxy) is 1. The molecule has 0 aliphatic heterocycles. The molecule has 5 nitrogen and oxygen atoms in total. The molecule has 1 aliphatic carbocycles. The summed E-state index contributed by atoms with van der Waals surface area (Å²) in [4.78, 5) is 28.3. The van der Waals surface area contributed by atoms with Gasteiger partial charge in [0.1, 0.15) is 17.4 Å². The molecule has 1 saturated carbocycles. The molecule has 1 amide bonds. The SMILES string of the molecule is O=C(Cc1cccc(C(F)(F)F)c1)Cc1ccc(Oc2ccnc(NC(=O)C3CC3)c2)c(F)c1. The molecule has 0 saturated heterocycles. The van der Waals surface area contributed by atoms with Gasteiger partial charge in [0.25, 0.3) is 0 Å². The second-order valence-electron chi connectivity index (χ2n) is 8.10. The summed E-state index contributed by atoms with van der Waals surface area (Å²) >= 11 is 0. The van der Waals surface area contributed by atoms with Crippen LogP contribution < -0.4 is 10.1 Å². The van der Waals surface area contributed by atoms with Crippen molar-refractivity contribution in [2.75, 3.05) is 5.32 Å². The maximum Gasteiger partial charge on any atom is 0.416 e. The van der Waals surface area contributed by atoms with Gasteiger partial charge in [-0.15, -0.1) is 0 Å². The van der Waals surface area contributed by atoms with Gasteiger partial charge in [-0.3, -0.25) is 9.59 Å². The van der Waals surface area contributed by atoms with E-state index in [1.807, 2.05) is 0 Å². The molecular formula is C25H20F4N2O3. The number of pyridine rings is 1. The zero-order valence-corrected chi connectivity index (χ0v) is 17.9. The molecule has 1 N–H and O–H groups in total. The van der Waals surface area contributed by atoms with Crippen LogP contribution in [-0.4, -0.2) is 16.7 Å². The van der Waals surface area contributed by atoms with Crippen molar-refractivity contribution >= 4 is 17.5 Å². The van der Waals surface area contributed by atoms with Crippen molar-refractivity contribution in [3.05, 3.63) is 83.3 Å². The molecule has 0 atom stereocenters. The van der Waals surface area contributed by atoms with Crippen molar-refractivity contribution in [1.82, 2.24) is 4.98 Å². The van der Waals surface area contributed by atoms with Crippen LogP contribution in [0.1, 0.15) is 29.5 Å². The summed E-state index contributed by atoms with van der Waals surface area (Å²) in [6.45, 7) is 0. The Morgan fingerprint density at radius 3 is 2.41 bits per heavy atom. The Morgan fingerprint density at radius 2 is 1.74 bits per heavy atom. The van der Waals surface area contributed by atoms with Crippen LogP contribution in [0.3, 0.4) is 0 Å². The molecule has 3 aromatic rings. The molecule has 0 bridgehead atoms. The monoisotopic (exact) mass is 472 g/mol. The van der Waals surface area contributed by atoms with Crippen LogP contribution in [0.5, 0.6) is 11.5 Å². The van der Waals surface area contributed by atoms with Gasteiger partial charge in [0.2, 0.25) is 5.91 Å². The minimum absolute atomic E-state index is 0.00709. The van der Waals surface area contributed by atoms with Crippen LogP contribution in [0.4, 0.5) is 23.4 Å². The minimum atomic E-state index is -4.49. The van der Waals surface area contributed by atoms with Crippen molar-refractivity contribution in [3.8, 4) is 11.5 Å². The van der Waals surface area contributed by atoms with Crippen molar-refractivity contribution < 1.29 is 31.9 Å². The van der Waals surface area contributed by atoms with Crippen LogP contribution in [0, 0.1) is 11.7 Å². The molecule has 0 radical (unpaired) electrons. The van der Waals surface area contributed by atoms with E-state index in [-0.39, 0.29) is 47.5 Å². The first kappa shape index (κ1) is 23.4. The smallest absolute Gasteiger partial charge is 0.416 e. The first-order valence-corrected chi connectivity index (χ1v) is 10.6. The number of rotatable bonds is 8. The number of alkyl halides is 3. The Labute approximate surface area is 192 Å². The van der Waals surface area contributed by atoms with Gasteiger partial charge in [0.15, 0.2) is 11.6 Å². The first-order valence-electron chi connectivity index (χ1n) is 10.6. The molecule has 1 heterocycles. The molecule has 4 rings (SSSR count). The lowest BCUT2D eigenvalue weighted by Crippen LogP contribution is -2.14. The second kappa shape index (κ2) is 9.62. The van der Waals surface area contributed by atoms with Gasteiger partial charge >= 0.3 is 6.18 Å². The average Bonchev–Trinajstić information content (AvgIpc) is 3.61. The molecule has 0 spiro atoms. The normalized spacial score (nSPS) is 13.4. The molecule has 0 unspecified atom stereocenters. The number of carbonyl (C=O) groups is 2. The standard InChI is InChI=1S/C25H20F4N2O3/c26-21-13-16(12-19(32)11-15-2-1-3-18(10-15)25(27,28)29)4-7-22(21)34-20-8-9-30-23(14-20)31-24(33)17-5-6-17/h1-4,7-10,13-14,17H,5-6,11-12H2,(H,30,31,33). The van der Waals surface area contributed by atoms with Gasteiger partial charge < -0.3 is 10.1 Å². The third-order valence-electron chi connectivity index (χ3n) is 5.21. The van der Waals surface area contributed by atoms with Gasteiger partial charge in [-0.05, 0) is 48.2 Å². The Morgan fingerprint density at radius 1 is 1.00 bits per heavy atom. The number of aromatic nitrogens is 1. The highest BCUT2D eigenvalue weighted by atomic mass is 19.4. The molecule has 1 aromatic heterocycles. The quantitative estimate of drug-likeness (QED) is 0.425. The molecule has 9 heteroatoms. The highest BCUT2D eigenvalue weighted by Crippen LogP contribution is 2.31. The summed E-state index contributed by atoms with van der Waals surface area (Å²) in [6, 6.07) is 11.6. The zero-order valence-electron chi connectivity index (χ0n) is 17.9. The number of anilines is 1. The predicted molar refractivity (Wildman–Crippen MR) is 116 cm³/mol. The van der Waals surface area contributed by atoms with E-state index in [0.717, 1.165) is 31.0 Å². The van der Waals surface area contributed by atoms with Crippen molar-refractivity contribution in [2.45, 2.75) is 31.9 Å². The largest absolute Gasteiger partial charge is 0.454 e. The Bertz CT molecular complexity index is 1220. The first-order chi connectivity index (χ1) is 16.2. The van der Waals surface area contributed by atoms with Crippen molar-refractivity contribution in [3.63, 3.8) is 0 Å². The molecule has 1 fully saturated rings. The number of hydrogen-bond acceptors (Lipinski definition) is 4. The van der Waals surface area contributed by atoms with E-state index in [0.29, 0.717) is 11.4 Å². The molecule has 2 aromatic carbocycles. The number of amides is 1. The van der Waals surface area contributed by atoms with Gasteiger partial charge in [0, 0.05) is 31.0 Å². The van der Waals surface area contributed by atoms with Gasteiger partial charge in [-0.1, -0.05) is 24.3 Å². The van der Waals surface area contributed by atoms with Gasteiger partial charge in [0.05, 0.1) is 5.56 Å². The van der Waals surface area contributed by atoms with Gasteiger partial charge in [-0.2, -0.15) is 13.2 Å². The number of carbonyl (C=O) groups excluding carboxylic acids is 2. The molecule has 1 aliphatic rings. The topological polar surface area (TPSA) is 68.3 Å². The third-order valence-corrected chi connectivity index (χ3v) is 5.21. The molecule has 34 heavy (non-hydrogen) atoms. The second-order valence-corrected chi connectivity index (χ2v) is 8.10. The number of hydrogen-bond donors (Lipinski definition) is 1. The summed E-state index contributed by atoms with van der Waals surface area (Å²) in [5, 5.41) is 2.68. The van der Waals surface area contributed by atoms with Crippen LogP contribution in [0.15, 0.2) is 60.8 Å². The van der Waals surface area contributed by atoms with E-state index >= 15 is 0 Å². The van der Waals surface area contributed by atoms with Crippen molar-refractivity contribution in [1.29, 1.82) is 0 Å². The van der Waals surface area contributed by atoms with E-state index in [4.69, 9.17) is 4.74 Å². The van der Waals surface area contributed by atoms with E-state index in [1.54, 1.807) is 0 Å². The van der Waals surface area contributed by atoms with Crippen molar-refractivity contribution in [2.24, 2.45) is 5.92 Å². The van der Waals surface area contributed by atoms with E-state index in [9.17, 15) is 27.2 Å². The highest BCUT2D eigenvalue weighted by molar-refractivity contribution is 5.93. The van der Waals surface area contributed by atoms with E-state index in [1.165, 1.54) is 42.6 Å². The predicted octanol–water partition coefficient (Wildman–Crippen LogP) is 5.73. The highest BCUT2D eigenvalue weighted by Gasteiger charge is 2.31. The number of benzene rings is 2. The number of Topliss-reactive ketones (excluding diaryl/α,β-unsaturated/α-hetero) is 1. The third kappa shape index (κ3) is 6.18. The van der Waals surface area contributed by atoms with Crippen LogP contribution >= 0.6 is 0 Å². The summed E-state index contributed by atoms with van der Waals surface area (Å²) < 4.78 is 58.7. The van der Waals surface area contributed by atoms with E-state index < -0.39 is 17.6 Å². The lowest BCUT2D eigenvalue weighted by atomic mass is 10.0. The fraction of sp³-hybridized carbons (Fsp3) is 0.240. The Balaban J connectivity index is 1.38. The number of nitrogens with zero attached hydrogens (tertiary/aromatic N) is 1. The lowest BCUT2D eigenvalue weighted by Gasteiger charge is -2.10. The number of nitrogens with one attached hydrogen (secondary N) is 1. The van der Waals surface area contributed by atoms with Crippen LogP contribution in [0.25, 0.3) is 0 Å². The van der Waals surface area contributed by atoms with Gasteiger partial charge in [-0.25, -0.2) is 9.37 Å². The zero-order chi connectivity index (χ0) is 24.3. The molecule has 176 valence electrons. The summed E-state index contributed by atoms with van der Waals surface area (Å²) in [5.74, 6) is -0.676. The Hall–Kier alpha value is -3.75. The fourth-order valence-electron chi connectivity index (χ4n) is 3.36. The lowest BCUT2D eigenvalue weighted by molar-refractivity contribution is -0.137. The fourth-order valence-corrected chi connectivity index (χ4v) is 3.36. The number of ketones is 1. The summed E-state index contributed by atoms with van der Waals surface area (Å²) in [6.07, 6.45) is -1.70. The maximum absolute atomic E-state index is 14.6. The van der Waals surface area contributed by atoms with Crippen LogP contribution in [-0.2, 0) is 28.6 Å². The average molecular weight is 472 g/mol. The minimum Gasteiger partial charge on any atom is -0.454 e. The van der Waals surface area contributed by atoms with Crippen LogP contribution in [0.2, 0.25) is 0 Å². The summed E-state index contributed by atoms with van der Waals surface area (Å²) in [7, 11) is 0. The number of halogens is 4. The van der Waals surface area contributed by atoms with E-state index in [2.05, 4.69) is 10.3 Å². The Kier molecular flexibility index (Phi) is 6.63. The summed E-state index contributed by atoms with van der Waals surface area (Å²) in [5.41, 5.74) is -0.215. The molecular weight excluding hydrogens is 452 g/mol.